The molecule has 2 rings (SSSR count). The minimum Gasteiger partial charge on any atom is -0.374 e. The molecule has 1 aliphatic rings. The van der Waals surface area contributed by atoms with Gasteiger partial charge in [0.2, 0.25) is 0 Å². The van der Waals surface area contributed by atoms with Crippen LogP contribution in [-0.4, -0.2) is 81.7 Å². The van der Waals surface area contributed by atoms with Crippen LogP contribution in [0.4, 0.5) is 0 Å². The van der Waals surface area contributed by atoms with Crippen molar-refractivity contribution in [2.24, 2.45) is 10.9 Å². The van der Waals surface area contributed by atoms with E-state index in [4.69, 9.17) is 4.74 Å². The van der Waals surface area contributed by atoms with E-state index < -0.39 is 0 Å². The standard InChI is InChI=1S/C21H35N5O2.HI/c1-16(2)14-26-10-11-28-19(15-26)13-24-21(22-3)23-12-17-6-8-18(9-7-17)20(27)25(4)5;/h6-9,16,19H,10-15H2,1-5H3,(H2,22,23,24);1H. The van der Waals surface area contributed by atoms with Crippen LogP contribution >= 0.6 is 24.0 Å². The number of benzene rings is 1. The maximum Gasteiger partial charge on any atom is 0.253 e. The topological polar surface area (TPSA) is 69.2 Å². The van der Waals surface area contributed by atoms with E-state index in [0.717, 1.165) is 44.3 Å². The summed E-state index contributed by atoms with van der Waals surface area (Å²) in [5, 5.41) is 6.67. The molecule has 1 atom stereocenters. The Hall–Kier alpha value is -1.39. The van der Waals surface area contributed by atoms with Crippen LogP contribution in [0.2, 0.25) is 0 Å². The van der Waals surface area contributed by atoms with Crippen molar-refractivity contribution in [1.82, 2.24) is 20.4 Å². The first-order valence-electron chi connectivity index (χ1n) is 9.98. The second kappa shape index (κ2) is 13.0. The lowest BCUT2D eigenvalue weighted by Crippen LogP contribution is -2.50. The quantitative estimate of drug-likeness (QED) is 0.329. The summed E-state index contributed by atoms with van der Waals surface area (Å²) in [6.07, 6.45) is 0.169. The van der Waals surface area contributed by atoms with Gasteiger partial charge in [-0.25, -0.2) is 0 Å². The smallest absolute Gasteiger partial charge is 0.253 e. The molecule has 0 aliphatic carbocycles. The number of guanidine groups is 1. The third kappa shape index (κ3) is 8.88. The van der Waals surface area contributed by atoms with Crippen molar-refractivity contribution in [2.45, 2.75) is 26.5 Å². The van der Waals surface area contributed by atoms with Gasteiger partial charge in [-0.2, -0.15) is 0 Å². The molecule has 8 heteroatoms. The van der Waals surface area contributed by atoms with Gasteiger partial charge in [0, 0.05) is 59.4 Å². The fraction of sp³-hybridized carbons (Fsp3) is 0.619. The van der Waals surface area contributed by atoms with Crippen LogP contribution in [0.25, 0.3) is 0 Å². The van der Waals surface area contributed by atoms with E-state index in [-0.39, 0.29) is 36.0 Å². The lowest BCUT2D eigenvalue weighted by molar-refractivity contribution is -0.0284. The van der Waals surface area contributed by atoms with Gasteiger partial charge in [0.05, 0.1) is 12.7 Å². The highest BCUT2D eigenvalue weighted by Gasteiger charge is 2.21. The molecule has 0 bridgehead atoms. The van der Waals surface area contributed by atoms with Gasteiger partial charge in [-0.1, -0.05) is 26.0 Å². The molecule has 1 heterocycles. The number of aliphatic imine (C=N–C) groups is 1. The van der Waals surface area contributed by atoms with Crippen LogP contribution in [0.3, 0.4) is 0 Å². The Morgan fingerprint density at radius 2 is 1.97 bits per heavy atom. The van der Waals surface area contributed by atoms with Gasteiger partial charge < -0.3 is 20.3 Å². The number of rotatable bonds is 7. The van der Waals surface area contributed by atoms with Gasteiger partial charge in [0.25, 0.3) is 5.91 Å². The van der Waals surface area contributed by atoms with Crippen molar-refractivity contribution in [3.05, 3.63) is 35.4 Å². The molecule has 1 unspecified atom stereocenters. The minimum absolute atomic E-state index is 0. The zero-order valence-corrected chi connectivity index (χ0v) is 20.6. The molecule has 164 valence electrons. The SMILES string of the molecule is CN=C(NCc1ccc(C(=O)N(C)C)cc1)NCC1CN(CC(C)C)CCO1.I. The highest BCUT2D eigenvalue weighted by molar-refractivity contribution is 14.0. The van der Waals surface area contributed by atoms with Crippen molar-refractivity contribution in [1.29, 1.82) is 0 Å². The van der Waals surface area contributed by atoms with Crippen molar-refractivity contribution in [2.75, 3.05) is 53.9 Å². The summed E-state index contributed by atoms with van der Waals surface area (Å²) < 4.78 is 5.88. The number of morpholine rings is 1. The Balaban J connectivity index is 0.00000420. The first-order valence-corrected chi connectivity index (χ1v) is 9.98. The number of carbonyl (C=O) groups excluding carboxylic acids is 1. The molecular weight excluding hydrogens is 481 g/mol. The molecule has 1 aromatic rings. The van der Waals surface area contributed by atoms with E-state index in [9.17, 15) is 4.79 Å². The average Bonchev–Trinajstić information content (AvgIpc) is 2.67. The first kappa shape index (κ1) is 25.6. The summed E-state index contributed by atoms with van der Waals surface area (Å²) in [6, 6.07) is 7.64. The molecule has 1 aliphatic heterocycles. The Labute approximate surface area is 192 Å². The number of nitrogens with one attached hydrogen (secondary N) is 2. The fourth-order valence-corrected chi connectivity index (χ4v) is 3.23. The maximum absolute atomic E-state index is 12.0. The second-order valence-corrected chi connectivity index (χ2v) is 7.85. The highest BCUT2D eigenvalue weighted by Crippen LogP contribution is 2.08. The van der Waals surface area contributed by atoms with E-state index in [2.05, 4.69) is 34.4 Å². The number of nitrogens with zero attached hydrogens (tertiary/aromatic N) is 3. The zero-order chi connectivity index (χ0) is 20.5. The molecule has 1 saturated heterocycles. The predicted molar refractivity (Wildman–Crippen MR) is 129 cm³/mol. The van der Waals surface area contributed by atoms with Gasteiger partial charge in [-0.3, -0.25) is 14.7 Å². The number of carbonyl (C=O) groups is 1. The molecule has 0 radical (unpaired) electrons. The fourth-order valence-electron chi connectivity index (χ4n) is 3.23. The van der Waals surface area contributed by atoms with Crippen LogP contribution in [0, 0.1) is 5.92 Å². The molecule has 2 N–H and O–H groups in total. The van der Waals surface area contributed by atoms with Crippen molar-refractivity contribution in [3.63, 3.8) is 0 Å². The van der Waals surface area contributed by atoms with E-state index >= 15 is 0 Å². The van der Waals surface area contributed by atoms with Gasteiger partial charge in [-0.05, 0) is 23.6 Å². The lowest BCUT2D eigenvalue weighted by atomic mass is 10.1. The van der Waals surface area contributed by atoms with Gasteiger partial charge >= 0.3 is 0 Å². The number of hydrogen-bond acceptors (Lipinski definition) is 4. The summed E-state index contributed by atoms with van der Waals surface area (Å²) in [4.78, 5) is 20.3. The summed E-state index contributed by atoms with van der Waals surface area (Å²) in [7, 11) is 5.28. The van der Waals surface area contributed by atoms with Crippen LogP contribution in [0.1, 0.15) is 29.8 Å². The third-order valence-corrected chi connectivity index (χ3v) is 4.63. The second-order valence-electron chi connectivity index (χ2n) is 7.85. The summed E-state index contributed by atoms with van der Waals surface area (Å²) in [6.45, 7) is 9.71. The molecular formula is C21H36IN5O2. The number of ether oxygens (including phenoxy) is 1. The Kier molecular flexibility index (Phi) is 11.5. The molecule has 0 aromatic heterocycles. The van der Waals surface area contributed by atoms with Gasteiger partial charge in [0.15, 0.2) is 5.96 Å². The summed E-state index contributed by atoms with van der Waals surface area (Å²) >= 11 is 0. The number of hydrogen-bond donors (Lipinski definition) is 2. The van der Waals surface area contributed by atoms with Crippen LogP contribution < -0.4 is 10.6 Å². The van der Waals surface area contributed by atoms with Crippen molar-refractivity contribution in [3.8, 4) is 0 Å². The lowest BCUT2D eigenvalue weighted by Gasteiger charge is -2.34. The normalized spacial score (nSPS) is 17.6. The van der Waals surface area contributed by atoms with Crippen LogP contribution in [-0.2, 0) is 11.3 Å². The molecule has 7 nitrogen and oxygen atoms in total. The molecule has 0 spiro atoms. The van der Waals surface area contributed by atoms with Gasteiger partial charge in [-0.15, -0.1) is 24.0 Å². The monoisotopic (exact) mass is 517 g/mol. The van der Waals surface area contributed by atoms with Crippen LogP contribution in [0.15, 0.2) is 29.3 Å². The summed E-state index contributed by atoms with van der Waals surface area (Å²) in [5.74, 6) is 1.43. The third-order valence-electron chi connectivity index (χ3n) is 4.63. The first-order chi connectivity index (χ1) is 13.4. The molecule has 1 aromatic carbocycles. The molecule has 0 saturated carbocycles. The largest absolute Gasteiger partial charge is 0.374 e. The minimum atomic E-state index is 0. The Morgan fingerprint density at radius 3 is 2.55 bits per heavy atom. The molecule has 1 fully saturated rings. The Morgan fingerprint density at radius 1 is 1.28 bits per heavy atom. The van der Waals surface area contributed by atoms with Crippen molar-refractivity contribution >= 4 is 35.8 Å². The van der Waals surface area contributed by atoms with E-state index in [1.54, 1.807) is 26.0 Å². The van der Waals surface area contributed by atoms with Gasteiger partial charge in [0.1, 0.15) is 0 Å². The average molecular weight is 517 g/mol. The predicted octanol–water partition coefficient (Wildman–Crippen LogP) is 2.03. The van der Waals surface area contributed by atoms with E-state index in [1.807, 2.05) is 24.3 Å². The maximum atomic E-state index is 12.0. The number of halogens is 1. The highest BCUT2D eigenvalue weighted by atomic mass is 127. The van der Waals surface area contributed by atoms with E-state index in [1.165, 1.54) is 0 Å². The zero-order valence-electron chi connectivity index (χ0n) is 18.3. The molecule has 1 amide bonds. The van der Waals surface area contributed by atoms with Crippen LogP contribution in [0.5, 0.6) is 0 Å². The Bertz CT molecular complexity index is 649. The van der Waals surface area contributed by atoms with E-state index in [0.29, 0.717) is 18.0 Å². The van der Waals surface area contributed by atoms with Crippen molar-refractivity contribution < 1.29 is 9.53 Å². The molecule has 29 heavy (non-hydrogen) atoms. The summed E-state index contributed by atoms with van der Waals surface area (Å²) in [5.41, 5.74) is 1.78. The number of amides is 1.